The molecule has 5 fully saturated rings. The van der Waals surface area contributed by atoms with Crippen molar-refractivity contribution in [3.8, 4) is 0 Å². The van der Waals surface area contributed by atoms with Crippen LogP contribution in [-0.4, -0.2) is 112 Å². The van der Waals surface area contributed by atoms with Gasteiger partial charge in [0.2, 0.25) is 0 Å². The first-order valence-corrected chi connectivity index (χ1v) is 20.2. The summed E-state index contributed by atoms with van der Waals surface area (Å²) < 4.78 is 85.0. The van der Waals surface area contributed by atoms with Crippen LogP contribution in [0.25, 0.3) is 0 Å². The number of anilines is 1. The third kappa shape index (κ3) is 7.04. The van der Waals surface area contributed by atoms with Gasteiger partial charge in [0.25, 0.3) is 0 Å². The number of alkyl halides is 3. The number of benzene rings is 2. The number of carbonyl (C=O) groups excluding carboxylic acids is 1. The largest absolute Gasteiger partial charge is 0.453 e. The van der Waals surface area contributed by atoms with E-state index in [0.29, 0.717) is 11.8 Å². The number of likely N-dealkylation sites (tertiary alicyclic amines) is 2. The Bertz CT molecular complexity index is 1690. The molecule has 0 aromatic heterocycles. The summed E-state index contributed by atoms with van der Waals surface area (Å²) in [6.45, 7) is 7.33. The van der Waals surface area contributed by atoms with E-state index in [1.54, 1.807) is 18.2 Å². The number of aliphatic hydroxyl groups is 1. The summed E-state index contributed by atoms with van der Waals surface area (Å²) in [5.74, 6) is 0.670. The third-order valence-corrected chi connectivity index (χ3v) is 15.0. The van der Waals surface area contributed by atoms with Crippen LogP contribution < -0.4 is 10.2 Å². The first-order chi connectivity index (χ1) is 24.7. The first-order valence-electron chi connectivity index (χ1n) is 18.6. The molecule has 9 nitrogen and oxygen atoms in total. The maximum atomic E-state index is 14.9. The molecule has 5 aliphatic rings. The molecule has 3 saturated heterocycles. The van der Waals surface area contributed by atoms with E-state index in [-0.39, 0.29) is 28.1 Å². The van der Waals surface area contributed by atoms with Crippen LogP contribution in [0.4, 0.5) is 28.0 Å². The molecule has 52 heavy (non-hydrogen) atoms. The molecule has 2 aliphatic carbocycles. The average molecular weight is 751 g/mol. The van der Waals surface area contributed by atoms with Crippen LogP contribution >= 0.6 is 0 Å². The third-order valence-electron chi connectivity index (χ3n) is 12.9. The van der Waals surface area contributed by atoms with E-state index in [2.05, 4.69) is 26.1 Å². The predicted molar refractivity (Wildman–Crippen MR) is 188 cm³/mol. The minimum atomic E-state index is -4.85. The van der Waals surface area contributed by atoms with Crippen LogP contribution in [0.3, 0.4) is 0 Å². The van der Waals surface area contributed by atoms with Crippen molar-refractivity contribution in [2.75, 3.05) is 64.4 Å². The predicted octanol–water partition coefficient (Wildman–Crippen LogP) is 5.37. The number of ether oxygens (including phenoxy) is 1. The summed E-state index contributed by atoms with van der Waals surface area (Å²) in [4.78, 5) is 19.6. The van der Waals surface area contributed by atoms with Crippen LogP contribution in [0.5, 0.6) is 0 Å². The lowest BCUT2D eigenvalue weighted by atomic mass is 9.57. The van der Waals surface area contributed by atoms with Gasteiger partial charge >= 0.3 is 12.3 Å². The van der Waals surface area contributed by atoms with Crippen LogP contribution in [0.15, 0.2) is 53.4 Å². The number of nitrogens with zero attached hydrogens (tertiary/aromatic N) is 3. The molecule has 286 valence electrons. The van der Waals surface area contributed by atoms with Gasteiger partial charge in [-0.3, -0.25) is 0 Å². The Kier molecular flexibility index (Phi) is 10.3. The van der Waals surface area contributed by atoms with E-state index >= 15 is 0 Å². The maximum absolute atomic E-state index is 14.9. The average Bonchev–Trinajstić information content (AvgIpc) is 3.52. The van der Waals surface area contributed by atoms with Gasteiger partial charge in [0.1, 0.15) is 5.82 Å². The summed E-state index contributed by atoms with van der Waals surface area (Å²) in [6.07, 6.45) is -1.02. The van der Waals surface area contributed by atoms with Crippen molar-refractivity contribution < 1.29 is 40.6 Å². The van der Waals surface area contributed by atoms with Crippen LogP contribution in [0, 0.1) is 23.6 Å². The number of amides is 1. The lowest BCUT2D eigenvalue weighted by molar-refractivity contribution is -0.284. The maximum Gasteiger partial charge on any atom is 0.417 e. The number of nitrogens with one attached hydrogen (secondary N) is 1. The molecule has 2 N–H and O–H groups in total. The monoisotopic (exact) mass is 750 g/mol. The Morgan fingerprint density at radius 2 is 1.65 bits per heavy atom. The second-order valence-electron chi connectivity index (χ2n) is 15.9. The normalized spacial score (nSPS) is 29.1. The molecule has 2 aromatic carbocycles. The summed E-state index contributed by atoms with van der Waals surface area (Å²) in [6, 6.07) is 13.4. The summed E-state index contributed by atoms with van der Waals surface area (Å²) in [5, 5.41) is 11.6. The van der Waals surface area contributed by atoms with Crippen LogP contribution in [0.1, 0.15) is 56.9 Å². The quantitative estimate of drug-likeness (QED) is 0.296. The van der Waals surface area contributed by atoms with Crippen LogP contribution in [-0.2, 0) is 20.0 Å². The highest BCUT2D eigenvalue weighted by atomic mass is 32.2. The van der Waals surface area contributed by atoms with Crippen molar-refractivity contribution in [3.63, 3.8) is 0 Å². The highest BCUT2D eigenvalue weighted by molar-refractivity contribution is 7.92. The lowest BCUT2D eigenvalue weighted by Crippen LogP contribution is -2.60. The zero-order valence-electron chi connectivity index (χ0n) is 29.7. The molecular formula is C38H50F4N4O5S. The minimum absolute atomic E-state index is 0.0288. The highest BCUT2D eigenvalue weighted by Gasteiger charge is 2.64. The molecule has 2 aromatic rings. The van der Waals surface area contributed by atoms with E-state index in [0.717, 1.165) is 102 Å². The van der Waals surface area contributed by atoms with Gasteiger partial charge < -0.3 is 29.9 Å². The minimum Gasteiger partial charge on any atom is -0.453 e. The molecule has 3 aliphatic heterocycles. The molecule has 0 bridgehead atoms. The number of sulfone groups is 1. The van der Waals surface area contributed by atoms with Crippen molar-refractivity contribution in [3.05, 3.63) is 59.9 Å². The van der Waals surface area contributed by atoms with Gasteiger partial charge in [0, 0.05) is 62.1 Å². The molecule has 7 rings (SSSR count). The second kappa shape index (κ2) is 14.4. The Hall–Kier alpha value is -2.94. The zero-order valence-corrected chi connectivity index (χ0v) is 30.5. The van der Waals surface area contributed by atoms with E-state index in [1.165, 1.54) is 25.3 Å². The number of hydrogen-bond acceptors (Lipinski definition) is 8. The van der Waals surface area contributed by atoms with Gasteiger partial charge in [-0.1, -0.05) is 18.6 Å². The summed E-state index contributed by atoms with van der Waals surface area (Å²) >= 11 is 0. The van der Waals surface area contributed by atoms with Crippen LogP contribution in [0.2, 0.25) is 0 Å². The first kappa shape index (κ1) is 37.4. The molecule has 14 heteroatoms. The number of piperidine rings is 1. The molecule has 1 unspecified atom stereocenters. The second-order valence-corrected chi connectivity index (χ2v) is 18.1. The van der Waals surface area contributed by atoms with Gasteiger partial charge in [-0.15, -0.1) is 0 Å². The van der Waals surface area contributed by atoms with E-state index in [4.69, 9.17) is 4.74 Å². The lowest BCUT2D eigenvalue weighted by Gasteiger charge is -2.54. The SMILES string of the molecule is COC(=O)N[C@H]1CCC[C@@H]1C(CN1CCC1)(c1cccc(F)c1)C1CCN(CC2CN(c3ccc(S(=O)(=O)[C@H]4C[C@](O)(C(F)(F)F)C4)cc3)C2)CC1. The summed E-state index contributed by atoms with van der Waals surface area (Å²) in [5.41, 5.74) is -1.35. The fourth-order valence-corrected chi connectivity index (χ4v) is 11.7. The Labute approximate surface area is 303 Å². The number of methoxy groups -OCH3 is 1. The van der Waals surface area contributed by atoms with Crippen molar-refractivity contribution in [1.82, 2.24) is 15.1 Å². The number of alkyl carbamates (subject to hydrolysis) is 1. The summed E-state index contributed by atoms with van der Waals surface area (Å²) in [7, 11) is -2.59. The molecule has 2 saturated carbocycles. The number of carbonyl (C=O) groups is 1. The fourth-order valence-electron chi connectivity index (χ4n) is 9.81. The van der Waals surface area contributed by atoms with E-state index < -0.39 is 45.8 Å². The smallest absolute Gasteiger partial charge is 0.417 e. The molecule has 1 amide bonds. The van der Waals surface area contributed by atoms with E-state index in [9.17, 15) is 35.9 Å². The Morgan fingerprint density at radius 3 is 2.25 bits per heavy atom. The number of rotatable bonds is 11. The number of hydrogen-bond donors (Lipinski definition) is 2. The van der Waals surface area contributed by atoms with E-state index in [1.807, 2.05) is 6.07 Å². The van der Waals surface area contributed by atoms with Gasteiger partial charge in [0.15, 0.2) is 15.4 Å². The molecule has 3 heterocycles. The standard InChI is InChI=1S/C38H50F4N4O5S/c1-51-35(47)43-34-8-3-7-33(34)37(25-45-15-4-16-45,28-5-2-6-29(39)19-28)27-13-17-44(18-14-27)22-26-23-46(24-26)30-9-11-31(12-10-30)52(49,50)32-20-36(48,21-32)38(40,41)42/h2,5-6,9-12,19,26-27,32-34,48H,3-4,7-8,13-18,20-25H2,1H3,(H,43,47)/t32-,33-,34-,36+,37?/m0/s1. The Balaban J connectivity index is 0.980. The van der Waals surface area contributed by atoms with Crippen molar-refractivity contribution in [2.45, 2.75) is 84.7 Å². The van der Waals surface area contributed by atoms with Gasteiger partial charge in [-0.2, -0.15) is 13.2 Å². The number of halogens is 4. The molecule has 0 spiro atoms. The highest BCUT2D eigenvalue weighted by Crippen LogP contribution is 2.52. The van der Waals surface area contributed by atoms with Crippen molar-refractivity contribution in [1.29, 1.82) is 0 Å². The van der Waals surface area contributed by atoms with Crippen molar-refractivity contribution in [2.24, 2.45) is 17.8 Å². The molecule has 0 radical (unpaired) electrons. The van der Waals surface area contributed by atoms with Gasteiger partial charge in [-0.05, 0) is 112 Å². The zero-order chi connectivity index (χ0) is 36.9. The van der Waals surface area contributed by atoms with Crippen molar-refractivity contribution >= 4 is 21.6 Å². The Morgan fingerprint density at radius 1 is 0.962 bits per heavy atom. The molecular weight excluding hydrogens is 701 g/mol. The topological polar surface area (TPSA) is 102 Å². The molecule has 3 atom stereocenters. The van der Waals surface area contributed by atoms with Gasteiger partial charge in [0.05, 0.1) is 17.3 Å². The fraction of sp³-hybridized carbons (Fsp3) is 0.658. The van der Waals surface area contributed by atoms with Gasteiger partial charge in [-0.25, -0.2) is 17.6 Å².